The van der Waals surface area contributed by atoms with Crippen LogP contribution >= 0.6 is 0 Å². The zero-order valence-electron chi connectivity index (χ0n) is 11.1. The first-order valence-corrected chi connectivity index (χ1v) is 7.53. The Bertz CT molecular complexity index is 543. The molecule has 0 aromatic heterocycles. The van der Waals surface area contributed by atoms with Gasteiger partial charge >= 0.3 is 0 Å². The molecule has 0 aliphatic carbocycles. The number of nitrogens with one attached hydrogen (secondary N) is 1. The average Bonchev–Trinajstić information content (AvgIpc) is 2.37. The summed E-state index contributed by atoms with van der Waals surface area (Å²) in [5.41, 5.74) is 6.71. The van der Waals surface area contributed by atoms with Crippen LogP contribution in [0.3, 0.4) is 0 Å². The summed E-state index contributed by atoms with van der Waals surface area (Å²) in [6, 6.07) is 6.80. The molecule has 0 aliphatic rings. The van der Waals surface area contributed by atoms with Crippen molar-refractivity contribution in [3.05, 3.63) is 29.8 Å². The van der Waals surface area contributed by atoms with E-state index in [0.717, 1.165) is 4.31 Å². The largest absolute Gasteiger partial charge is 0.398 e. The predicted octanol–water partition coefficient (Wildman–Crippen LogP) is 0.167. The van der Waals surface area contributed by atoms with E-state index in [1.165, 1.54) is 7.05 Å². The summed E-state index contributed by atoms with van der Waals surface area (Å²) in [4.78, 5) is 11.3. The second-order valence-electron chi connectivity index (χ2n) is 4.05. The van der Waals surface area contributed by atoms with Crippen LogP contribution in [0.4, 0.5) is 5.69 Å². The summed E-state index contributed by atoms with van der Waals surface area (Å²) in [6.45, 7) is 1.75. The number of nitrogen functional groups attached to an aromatic ring is 1. The van der Waals surface area contributed by atoms with E-state index in [-0.39, 0.29) is 24.7 Å². The Morgan fingerprint density at radius 1 is 1.37 bits per heavy atom. The highest BCUT2D eigenvalue weighted by Gasteiger charge is 2.23. The molecule has 3 N–H and O–H groups in total. The maximum absolute atomic E-state index is 12.2. The summed E-state index contributed by atoms with van der Waals surface area (Å²) >= 11 is 0. The van der Waals surface area contributed by atoms with Crippen LogP contribution in [0.25, 0.3) is 0 Å². The third kappa shape index (κ3) is 4.22. The first kappa shape index (κ1) is 15.5. The van der Waals surface area contributed by atoms with Gasteiger partial charge in [-0.15, -0.1) is 0 Å². The Labute approximate surface area is 113 Å². The molecular weight excluding hydrogens is 266 g/mol. The minimum absolute atomic E-state index is 0.179. The normalized spacial score (nSPS) is 11.5. The van der Waals surface area contributed by atoms with E-state index < -0.39 is 10.0 Å². The van der Waals surface area contributed by atoms with E-state index in [1.807, 2.05) is 0 Å². The summed E-state index contributed by atoms with van der Waals surface area (Å²) in [7, 11) is -2.09. The lowest BCUT2D eigenvalue weighted by Gasteiger charge is -2.20. The zero-order chi connectivity index (χ0) is 14.5. The van der Waals surface area contributed by atoms with Crippen LogP contribution < -0.4 is 11.1 Å². The number of hydrogen-bond donors (Lipinski definition) is 2. The molecule has 19 heavy (non-hydrogen) atoms. The second-order valence-corrected chi connectivity index (χ2v) is 6.02. The third-order valence-corrected chi connectivity index (χ3v) is 4.59. The van der Waals surface area contributed by atoms with Gasteiger partial charge in [-0.1, -0.05) is 25.1 Å². The molecule has 0 atom stereocenters. The number of sulfonamides is 1. The van der Waals surface area contributed by atoms with Crippen LogP contribution in [0.5, 0.6) is 0 Å². The molecule has 0 fully saturated rings. The number of nitrogens with two attached hydrogens (primary N) is 1. The van der Waals surface area contributed by atoms with Crippen LogP contribution in [-0.4, -0.2) is 38.8 Å². The van der Waals surface area contributed by atoms with E-state index in [2.05, 4.69) is 5.32 Å². The Balaban J connectivity index is 2.90. The SMILES string of the molecule is CCN(CC(=O)NC)S(=O)(=O)Cc1ccccc1N. The molecule has 106 valence electrons. The van der Waals surface area contributed by atoms with Gasteiger partial charge in [0, 0.05) is 19.3 Å². The van der Waals surface area contributed by atoms with Crippen molar-refractivity contribution in [2.45, 2.75) is 12.7 Å². The van der Waals surface area contributed by atoms with Gasteiger partial charge in [0.1, 0.15) is 0 Å². The number of rotatable bonds is 6. The number of amides is 1. The number of likely N-dealkylation sites (N-methyl/N-ethyl adjacent to an activating group) is 2. The van der Waals surface area contributed by atoms with Crippen LogP contribution in [0.2, 0.25) is 0 Å². The summed E-state index contributed by atoms with van der Waals surface area (Å²) in [5.74, 6) is -0.545. The number of hydrogen-bond acceptors (Lipinski definition) is 4. The van der Waals surface area contributed by atoms with Gasteiger partial charge in [-0.2, -0.15) is 4.31 Å². The molecule has 0 unspecified atom stereocenters. The number of carbonyl (C=O) groups excluding carboxylic acids is 1. The molecule has 1 amide bonds. The minimum Gasteiger partial charge on any atom is -0.398 e. The lowest BCUT2D eigenvalue weighted by Crippen LogP contribution is -2.40. The Morgan fingerprint density at radius 3 is 2.53 bits per heavy atom. The highest BCUT2D eigenvalue weighted by molar-refractivity contribution is 7.88. The van der Waals surface area contributed by atoms with E-state index in [1.54, 1.807) is 31.2 Å². The molecule has 0 saturated heterocycles. The second kappa shape index (κ2) is 6.53. The molecule has 0 bridgehead atoms. The lowest BCUT2D eigenvalue weighted by molar-refractivity contribution is -0.120. The smallest absolute Gasteiger partial charge is 0.235 e. The molecule has 1 rings (SSSR count). The monoisotopic (exact) mass is 285 g/mol. The van der Waals surface area contributed by atoms with Gasteiger partial charge in [-0.25, -0.2) is 8.42 Å². The van der Waals surface area contributed by atoms with Crippen molar-refractivity contribution in [1.29, 1.82) is 0 Å². The fourth-order valence-corrected chi connectivity index (χ4v) is 3.15. The van der Waals surface area contributed by atoms with Gasteiger partial charge in [0.2, 0.25) is 15.9 Å². The van der Waals surface area contributed by atoms with Crippen molar-refractivity contribution < 1.29 is 13.2 Å². The van der Waals surface area contributed by atoms with Gasteiger partial charge in [-0.3, -0.25) is 4.79 Å². The molecule has 6 nitrogen and oxygen atoms in total. The summed E-state index contributed by atoms with van der Waals surface area (Å²) in [5, 5.41) is 2.41. The Kier molecular flexibility index (Phi) is 5.31. The molecule has 0 aliphatic heterocycles. The number of anilines is 1. The fourth-order valence-electron chi connectivity index (χ4n) is 1.60. The molecule has 1 aromatic rings. The molecule has 0 radical (unpaired) electrons. The van der Waals surface area contributed by atoms with Crippen LogP contribution in [-0.2, 0) is 20.6 Å². The van der Waals surface area contributed by atoms with Crippen LogP contribution in [0.15, 0.2) is 24.3 Å². The standard InChI is InChI=1S/C12H19N3O3S/c1-3-15(8-12(16)14-2)19(17,18)9-10-6-4-5-7-11(10)13/h4-7H,3,8-9,13H2,1-2H3,(H,14,16). The van der Waals surface area contributed by atoms with Crippen molar-refractivity contribution in [3.63, 3.8) is 0 Å². The molecule has 0 heterocycles. The van der Waals surface area contributed by atoms with Crippen molar-refractivity contribution in [3.8, 4) is 0 Å². The van der Waals surface area contributed by atoms with Gasteiger partial charge in [-0.05, 0) is 11.6 Å². The number of carbonyl (C=O) groups is 1. The highest BCUT2D eigenvalue weighted by Crippen LogP contribution is 2.16. The number of benzene rings is 1. The molecule has 0 saturated carbocycles. The first-order chi connectivity index (χ1) is 8.90. The maximum Gasteiger partial charge on any atom is 0.235 e. The van der Waals surface area contributed by atoms with Gasteiger partial charge in [0.05, 0.1) is 12.3 Å². The van der Waals surface area contributed by atoms with Crippen molar-refractivity contribution in [1.82, 2.24) is 9.62 Å². The quantitative estimate of drug-likeness (QED) is 0.729. The molecular formula is C12H19N3O3S. The Morgan fingerprint density at radius 2 is 2.00 bits per heavy atom. The zero-order valence-corrected chi connectivity index (χ0v) is 11.9. The molecule has 1 aromatic carbocycles. The van der Waals surface area contributed by atoms with E-state index in [9.17, 15) is 13.2 Å². The summed E-state index contributed by atoms with van der Waals surface area (Å²) in [6.07, 6.45) is 0. The van der Waals surface area contributed by atoms with Crippen LogP contribution in [0.1, 0.15) is 12.5 Å². The van der Waals surface area contributed by atoms with Crippen molar-refractivity contribution in [2.24, 2.45) is 0 Å². The number of para-hydroxylation sites is 1. The topological polar surface area (TPSA) is 92.5 Å². The van der Waals surface area contributed by atoms with Gasteiger partial charge in [0.25, 0.3) is 0 Å². The van der Waals surface area contributed by atoms with E-state index >= 15 is 0 Å². The maximum atomic E-state index is 12.2. The molecule has 0 spiro atoms. The fraction of sp³-hybridized carbons (Fsp3) is 0.417. The average molecular weight is 285 g/mol. The highest BCUT2D eigenvalue weighted by atomic mass is 32.2. The van der Waals surface area contributed by atoms with Crippen molar-refractivity contribution >= 4 is 21.6 Å². The van der Waals surface area contributed by atoms with Crippen molar-refractivity contribution in [2.75, 3.05) is 25.9 Å². The van der Waals surface area contributed by atoms with E-state index in [4.69, 9.17) is 5.73 Å². The lowest BCUT2D eigenvalue weighted by atomic mass is 10.2. The van der Waals surface area contributed by atoms with Crippen LogP contribution in [0, 0.1) is 0 Å². The van der Waals surface area contributed by atoms with Gasteiger partial charge < -0.3 is 11.1 Å². The first-order valence-electron chi connectivity index (χ1n) is 5.92. The summed E-state index contributed by atoms with van der Waals surface area (Å²) < 4.78 is 25.6. The predicted molar refractivity (Wildman–Crippen MR) is 74.8 cm³/mol. The third-order valence-electron chi connectivity index (χ3n) is 2.74. The molecule has 7 heteroatoms. The Hall–Kier alpha value is -1.60. The minimum atomic E-state index is -3.56. The van der Waals surface area contributed by atoms with E-state index in [0.29, 0.717) is 11.3 Å². The number of nitrogens with zero attached hydrogens (tertiary/aromatic N) is 1. The van der Waals surface area contributed by atoms with Gasteiger partial charge in [0.15, 0.2) is 0 Å².